The molecule has 120 valence electrons. The van der Waals surface area contributed by atoms with Crippen LogP contribution in [0.4, 0.5) is 5.82 Å². The lowest BCUT2D eigenvalue weighted by molar-refractivity contribution is -0.144. The highest BCUT2D eigenvalue weighted by Crippen LogP contribution is 2.19. The Labute approximate surface area is 130 Å². The van der Waals surface area contributed by atoms with Crippen LogP contribution in [0.1, 0.15) is 13.3 Å². The van der Waals surface area contributed by atoms with E-state index >= 15 is 0 Å². The number of morpholine rings is 1. The topological polar surface area (TPSA) is 67.8 Å². The van der Waals surface area contributed by atoms with Crippen LogP contribution in [0.5, 0.6) is 0 Å². The molecule has 0 amide bonds. The summed E-state index contributed by atoms with van der Waals surface area (Å²) in [5, 5.41) is 8.09. The van der Waals surface area contributed by atoms with Crippen molar-refractivity contribution in [2.45, 2.75) is 25.5 Å². The normalized spacial score (nSPS) is 26.0. The minimum absolute atomic E-state index is 0.0594. The van der Waals surface area contributed by atoms with E-state index in [9.17, 15) is 4.79 Å². The maximum atomic E-state index is 11.7. The number of hydrogen-bond donors (Lipinski definition) is 0. The van der Waals surface area contributed by atoms with Gasteiger partial charge in [-0.05, 0) is 19.1 Å². The van der Waals surface area contributed by atoms with Gasteiger partial charge < -0.3 is 14.4 Å². The Morgan fingerprint density at radius 2 is 2.36 bits per heavy atom. The number of nitrogens with zero attached hydrogens (tertiary/aromatic N) is 4. The van der Waals surface area contributed by atoms with Gasteiger partial charge in [0, 0.05) is 38.8 Å². The Bertz CT molecular complexity index is 499. The first-order chi connectivity index (χ1) is 10.8. The monoisotopic (exact) mass is 306 g/mol. The molecule has 7 nitrogen and oxygen atoms in total. The Balaban J connectivity index is 1.61. The van der Waals surface area contributed by atoms with Crippen molar-refractivity contribution >= 4 is 11.8 Å². The molecule has 0 radical (unpaired) electrons. The van der Waals surface area contributed by atoms with Crippen molar-refractivity contribution in [3.8, 4) is 0 Å². The van der Waals surface area contributed by atoms with Crippen LogP contribution in [-0.4, -0.2) is 72.6 Å². The van der Waals surface area contributed by atoms with Crippen molar-refractivity contribution in [3.63, 3.8) is 0 Å². The number of carbonyl (C=O) groups is 1. The predicted octanol–water partition coefficient (Wildman–Crippen LogP) is 0.319. The highest BCUT2D eigenvalue weighted by molar-refractivity contribution is 5.77. The fourth-order valence-corrected chi connectivity index (χ4v) is 3.05. The first-order valence-electron chi connectivity index (χ1n) is 7.83. The molecule has 2 atom stereocenters. The molecule has 22 heavy (non-hydrogen) atoms. The number of rotatable bonds is 5. The highest BCUT2D eigenvalue weighted by Gasteiger charge is 2.35. The summed E-state index contributed by atoms with van der Waals surface area (Å²) in [5.74, 6) is 0.757. The number of hydrogen-bond acceptors (Lipinski definition) is 7. The van der Waals surface area contributed by atoms with Gasteiger partial charge in [-0.2, -0.15) is 5.10 Å². The van der Waals surface area contributed by atoms with Crippen LogP contribution in [0, 0.1) is 0 Å². The zero-order chi connectivity index (χ0) is 15.4. The van der Waals surface area contributed by atoms with E-state index < -0.39 is 0 Å². The van der Waals surface area contributed by atoms with E-state index in [-0.39, 0.29) is 18.1 Å². The zero-order valence-corrected chi connectivity index (χ0v) is 12.9. The van der Waals surface area contributed by atoms with Crippen molar-refractivity contribution in [3.05, 3.63) is 18.3 Å². The molecule has 0 saturated carbocycles. The highest BCUT2D eigenvalue weighted by atomic mass is 16.5. The third kappa shape index (κ3) is 3.36. The Hall–Kier alpha value is -1.73. The molecule has 0 spiro atoms. The molecule has 7 heteroatoms. The van der Waals surface area contributed by atoms with Gasteiger partial charge in [-0.1, -0.05) is 0 Å². The van der Waals surface area contributed by atoms with Crippen LogP contribution in [0.15, 0.2) is 18.3 Å². The van der Waals surface area contributed by atoms with E-state index in [1.54, 1.807) is 6.20 Å². The van der Waals surface area contributed by atoms with Gasteiger partial charge in [0.25, 0.3) is 0 Å². The number of esters is 1. The van der Waals surface area contributed by atoms with Gasteiger partial charge in [0.15, 0.2) is 5.82 Å². The van der Waals surface area contributed by atoms with E-state index in [1.807, 2.05) is 12.1 Å². The van der Waals surface area contributed by atoms with Gasteiger partial charge in [-0.3, -0.25) is 9.69 Å². The SMILES string of the molecule is CCN(C[C@H]1CN([C@@H]2CCOC2=O)CCO1)c1cccnn1. The summed E-state index contributed by atoms with van der Waals surface area (Å²) in [6.45, 7) is 6.38. The lowest BCUT2D eigenvalue weighted by Crippen LogP contribution is -2.52. The second-order valence-electron chi connectivity index (χ2n) is 5.58. The van der Waals surface area contributed by atoms with Crippen LogP contribution in [-0.2, 0) is 14.3 Å². The quantitative estimate of drug-likeness (QED) is 0.726. The number of likely N-dealkylation sites (N-methyl/N-ethyl adjacent to an activating group) is 1. The van der Waals surface area contributed by atoms with E-state index in [0.29, 0.717) is 13.2 Å². The number of carbonyl (C=O) groups excluding carboxylic acids is 1. The van der Waals surface area contributed by atoms with Crippen LogP contribution >= 0.6 is 0 Å². The van der Waals surface area contributed by atoms with Crippen molar-refractivity contribution in [1.29, 1.82) is 0 Å². The average molecular weight is 306 g/mol. The molecule has 2 fully saturated rings. The van der Waals surface area contributed by atoms with Gasteiger partial charge in [-0.25, -0.2) is 0 Å². The summed E-state index contributed by atoms with van der Waals surface area (Å²) in [4.78, 5) is 16.1. The van der Waals surface area contributed by atoms with Gasteiger partial charge in [0.2, 0.25) is 0 Å². The summed E-state index contributed by atoms with van der Waals surface area (Å²) in [6.07, 6.45) is 2.51. The molecule has 0 aliphatic carbocycles. The third-order valence-electron chi connectivity index (χ3n) is 4.21. The third-order valence-corrected chi connectivity index (χ3v) is 4.21. The summed E-state index contributed by atoms with van der Waals surface area (Å²) >= 11 is 0. The molecule has 0 unspecified atom stereocenters. The predicted molar refractivity (Wildman–Crippen MR) is 80.6 cm³/mol. The summed E-state index contributed by atoms with van der Waals surface area (Å²) < 4.78 is 10.9. The molecule has 3 rings (SSSR count). The molecular formula is C15H22N4O3. The summed E-state index contributed by atoms with van der Waals surface area (Å²) in [6, 6.07) is 3.73. The fourth-order valence-electron chi connectivity index (χ4n) is 3.05. The lowest BCUT2D eigenvalue weighted by Gasteiger charge is -2.37. The Morgan fingerprint density at radius 3 is 3.05 bits per heavy atom. The van der Waals surface area contributed by atoms with Crippen LogP contribution in [0.2, 0.25) is 0 Å². The minimum atomic E-state index is -0.0991. The van der Waals surface area contributed by atoms with Crippen molar-refractivity contribution in [2.24, 2.45) is 0 Å². The van der Waals surface area contributed by atoms with E-state index in [0.717, 1.165) is 38.4 Å². The zero-order valence-electron chi connectivity index (χ0n) is 12.9. The smallest absolute Gasteiger partial charge is 0.323 e. The average Bonchev–Trinajstić information content (AvgIpc) is 3.00. The molecule has 2 aliphatic heterocycles. The summed E-state index contributed by atoms with van der Waals surface area (Å²) in [5.41, 5.74) is 0. The molecule has 0 bridgehead atoms. The van der Waals surface area contributed by atoms with E-state index in [1.165, 1.54) is 0 Å². The maximum absolute atomic E-state index is 11.7. The van der Waals surface area contributed by atoms with Crippen LogP contribution in [0.3, 0.4) is 0 Å². The second-order valence-corrected chi connectivity index (χ2v) is 5.58. The Kier molecular flexibility index (Phi) is 4.84. The molecule has 1 aromatic heterocycles. The van der Waals surface area contributed by atoms with Gasteiger partial charge in [0.1, 0.15) is 6.04 Å². The molecule has 2 saturated heterocycles. The largest absolute Gasteiger partial charge is 0.464 e. The first-order valence-corrected chi connectivity index (χ1v) is 7.83. The van der Waals surface area contributed by atoms with Gasteiger partial charge in [0.05, 0.1) is 19.3 Å². The molecule has 3 heterocycles. The lowest BCUT2D eigenvalue weighted by atomic mass is 10.1. The number of anilines is 1. The standard InChI is InChI=1S/C15H22N4O3/c1-2-18(14-4-3-6-16-17-14)10-12-11-19(7-9-21-12)13-5-8-22-15(13)20/h3-4,6,12-13H,2,5,7-11H2,1H3/t12-,13+/m0/s1. The van der Waals surface area contributed by atoms with Crippen molar-refractivity contribution in [1.82, 2.24) is 15.1 Å². The molecule has 0 aromatic carbocycles. The molecular weight excluding hydrogens is 284 g/mol. The van der Waals surface area contributed by atoms with E-state index in [2.05, 4.69) is 26.9 Å². The van der Waals surface area contributed by atoms with Crippen molar-refractivity contribution in [2.75, 3.05) is 44.3 Å². The first kappa shape index (κ1) is 15.2. The summed E-state index contributed by atoms with van der Waals surface area (Å²) in [7, 11) is 0. The van der Waals surface area contributed by atoms with Crippen molar-refractivity contribution < 1.29 is 14.3 Å². The molecule has 1 aromatic rings. The molecule has 2 aliphatic rings. The Morgan fingerprint density at radius 1 is 1.45 bits per heavy atom. The minimum Gasteiger partial charge on any atom is -0.464 e. The number of cyclic esters (lactones) is 1. The maximum Gasteiger partial charge on any atom is 0.323 e. The van der Waals surface area contributed by atoms with Crippen LogP contribution in [0.25, 0.3) is 0 Å². The fraction of sp³-hybridized carbons (Fsp3) is 0.667. The molecule has 0 N–H and O–H groups in total. The number of aromatic nitrogens is 2. The second kappa shape index (κ2) is 7.02. The van der Waals surface area contributed by atoms with E-state index in [4.69, 9.17) is 9.47 Å². The van der Waals surface area contributed by atoms with Gasteiger partial charge in [-0.15, -0.1) is 5.10 Å². The van der Waals surface area contributed by atoms with Gasteiger partial charge >= 0.3 is 5.97 Å². The van der Waals surface area contributed by atoms with Crippen LogP contribution < -0.4 is 4.90 Å². The number of ether oxygens (including phenoxy) is 2.